The van der Waals surface area contributed by atoms with E-state index < -0.39 is 0 Å². The first-order valence-corrected chi connectivity index (χ1v) is 10.3. The van der Waals surface area contributed by atoms with E-state index in [2.05, 4.69) is 30.6 Å². The molecule has 0 radical (unpaired) electrons. The van der Waals surface area contributed by atoms with Gasteiger partial charge in [-0.25, -0.2) is 0 Å². The Balaban J connectivity index is 1.45. The molecule has 3 rings (SSSR count). The second-order valence-electron chi connectivity index (χ2n) is 7.23. The predicted octanol–water partition coefficient (Wildman–Crippen LogP) is 1.20. The number of hydrogen-bond acceptors (Lipinski definition) is 6. The minimum Gasteiger partial charge on any atom is -0.508 e. The summed E-state index contributed by atoms with van der Waals surface area (Å²) >= 11 is 0. The number of aryl methyl sites for hydroxylation is 1. The molecule has 9 nitrogen and oxygen atoms in total. The number of nitrogens with zero attached hydrogens (tertiary/aromatic N) is 4. The summed E-state index contributed by atoms with van der Waals surface area (Å²) < 4.78 is 5.15. The van der Waals surface area contributed by atoms with Gasteiger partial charge in [0.2, 0.25) is 0 Å². The summed E-state index contributed by atoms with van der Waals surface area (Å²) in [5, 5.41) is 19.6. The molecule has 2 aromatic rings. The number of piperazine rings is 1. The molecule has 0 aliphatic carbocycles. The summed E-state index contributed by atoms with van der Waals surface area (Å²) in [5.74, 6) is 1.67. The highest BCUT2D eigenvalue weighted by Crippen LogP contribution is 2.10. The van der Waals surface area contributed by atoms with Crippen LogP contribution in [-0.4, -0.2) is 77.7 Å². The zero-order chi connectivity index (χ0) is 21.3. The van der Waals surface area contributed by atoms with Crippen molar-refractivity contribution in [3.63, 3.8) is 0 Å². The predicted molar refractivity (Wildman–Crippen MR) is 115 cm³/mol. The molecule has 30 heavy (non-hydrogen) atoms. The van der Waals surface area contributed by atoms with Crippen LogP contribution in [0.5, 0.6) is 5.75 Å². The van der Waals surface area contributed by atoms with Crippen molar-refractivity contribution in [2.45, 2.75) is 20.4 Å². The van der Waals surface area contributed by atoms with Crippen molar-refractivity contribution in [2.75, 3.05) is 45.8 Å². The van der Waals surface area contributed by atoms with E-state index in [0.29, 0.717) is 18.7 Å². The fraction of sp³-hybridized carbons (Fsp3) is 0.476. The number of aromatic hydroxyl groups is 1. The minimum absolute atomic E-state index is 0.141. The molecule has 9 heteroatoms. The number of phenolic OH excluding ortho intramolecular Hbond substituents is 1. The van der Waals surface area contributed by atoms with E-state index in [-0.39, 0.29) is 11.7 Å². The largest absolute Gasteiger partial charge is 0.508 e. The minimum atomic E-state index is -0.174. The molecule has 0 saturated carbocycles. The fourth-order valence-electron chi connectivity index (χ4n) is 3.31. The molecule has 1 aromatic carbocycles. The molecule has 0 spiro atoms. The lowest BCUT2D eigenvalue weighted by molar-refractivity contribution is 0.0954. The summed E-state index contributed by atoms with van der Waals surface area (Å²) in [5.41, 5.74) is 1.48. The Hall–Kier alpha value is -3.07. The van der Waals surface area contributed by atoms with Gasteiger partial charge < -0.3 is 25.2 Å². The number of carbonyl (C=O) groups is 1. The van der Waals surface area contributed by atoms with Crippen LogP contribution in [0.4, 0.5) is 0 Å². The molecule has 162 valence electrons. The second kappa shape index (κ2) is 10.6. The molecule has 1 aromatic heterocycles. The van der Waals surface area contributed by atoms with Gasteiger partial charge in [-0.1, -0.05) is 5.16 Å². The molecule has 1 amide bonds. The summed E-state index contributed by atoms with van der Waals surface area (Å²) in [6.07, 6.45) is 0. The Morgan fingerprint density at radius 2 is 1.93 bits per heavy atom. The van der Waals surface area contributed by atoms with Crippen LogP contribution in [0.2, 0.25) is 0 Å². The lowest BCUT2D eigenvalue weighted by atomic mass is 10.2. The first kappa shape index (κ1) is 21.6. The van der Waals surface area contributed by atoms with Gasteiger partial charge in [0.05, 0.1) is 12.2 Å². The number of amides is 1. The van der Waals surface area contributed by atoms with Crippen molar-refractivity contribution in [1.29, 1.82) is 0 Å². The van der Waals surface area contributed by atoms with Gasteiger partial charge in [0, 0.05) is 57.4 Å². The van der Waals surface area contributed by atoms with E-state index in [1.165, 1.54) is 12.1 Å². The monoisotopic (exact) mass is 414 g/mol. The van der Waals surface area contributed by atoms with Crippen molar-refractivity contribution >= 4 is 11.9 Å². The first-order valence-electron chi connectivity index (χ1n) is 10.3. The summed E-state index contributed by atoms with van der Waals surface area (Å²) in [7, 11) is 0. The van der Waals surface area contributed by atoms with Crippen LogP contribution in [-0.2, 0) is 6.54 Å². The number of rotatable bonds is 7. The van der Waals surface area contributed by atoms with Crippen LogP contribution in [0.3, 0.4) is 0 Å². The van der Waals surface area contributed by atoms with Gasteiger partial charge in [0.15, 0.2) is 5.96 Å². The van der Waals surface area contributed by atoms with Crippen molar-refractivity contribution < 1.29 is 14.4 Å². The first-order chi connectivity index (χ1) is 14.5. The maximum atomic E-state index is 12.1. The topological polar surface area (TPSA) is 106 Å². The number of benzene rings is 1. The number of aromatic nitrogens is 1. The number of guanidine groups is 1. The van der Waals surface area contributed by atoms with E-state index in [9.17, 15) is 9.90 Å². The van der Waals surface area contributed by atoms with Gasteiger partial charge >= 0.3 is 0 Å². The molecule has 1 saturated heterocycles. The van der Waals surface area contributed by atoms with E-state index >= 15 is 0 Å². The normalized spacial score (nSPS) is 15.3. The zero-order valence-corrected chi connectivity index (χ0v) is 17.6. The van der Waals surface area contributed by atoms with Gasteiger partial charge in [-0.05, 0) is 38.1 Å². The molecule has 3 N–H and O–H groups in total. The van der Waals surface area contributed by atoms with Crippen molar-refractivity contribution in [1.82, 2.24) is 25.6 Å². The number of hydrogen-bond donors (Lipinski definition) is 3. The maximum Gasteiger partial charge on any atom is 0.251 e. The average Bonchev–Trinajstić information content (AvgIpc) is 3.16. The molecule has 2 heterocycles. The SMILES string of the molecule is CCNC(=NCCNC(=O)c1ccc(O)cc1)N1CCN(Cc2cc(C)on2)CC1. The molecule has 0 bridgehead atoms. The Morgan fingerprint density at radius 3 is 2.57 bits per heavy atom. The number of phenols is 1. The molecule has 0 unspecified atom stereocenters. The fourth-order valence-corrected chi connectivity index (χ4v) is 3.31. The molecule has 1 aliphatic heterocycles. The van der Waals surface area contributed by atoms with Crippen LogP contribution < -0.4 is 10.6 Å². The Morgan fingerprint density at radius 1 is 1.20 bits per heavy atom. The highest BCUT2D eigenvalue weighted by molar-refractivity contribution is 5.94. The molecular formula is C21H30N6O3. The second-order valence-corrected chi connectivity index (χ2v) is 7.23. The Labute approximate surface area is 176 Å². The van der Waals surface area contributed by atoms with Gasteiger partial charge in [0.25, 0.3) is 5.91 Å². The average molecular weight is 415 g/mol. The zero-order valence-electron chi connectivity index (χ0n) is 17.6. The van der Waals surface area contributed by atoms with Crippen LogP contribution >= 0.6 is 0 Å². The quantitative estimate of drug-likeness (QED) is 0.355. The van der Waals surface area contributed by atoms with Crippen molar-refractivity contribution in [3.05, 3.63) is 47.3 Å². The number of nitrogens with one attached hydrogen (secondary N) is 2. The molecule has 0 atom stereocenters. The summed E-state index contributed by atoms with van der Waals surface area (Å²) in [6, 6.07) is 8.17. The van der Waals surface area contributed by atoms with Crippen molar-refractivity contribution in [3.8, 4) is 5.75 Å². The highest BCUT2D eigenvalue weighted by Gasteiger charge is 2.20. The highest BCUT2D eigenvalue weighted by atomic mass is 16.5. The smallest absolute Gasteiger partial charge is 0.251 e. The third-order valence-electron chi connectivity index (χ3n) is 4.86. The summed E-state index contributed by atoms with van der Waals surface area (Å²) in [4.78, 5) is 21.4. The molecular weight excluding hydrogens is 384 g/mol. The van der Waals surface area contributed by atoms with E-state index in [4.69, 9.17) is 4.52 Å². The van der Waals surface area contributed by atoms with Crippen LogP contribution in [0.1, 0.15) is 28.7 Å². The lowest BCUT2D eigenvalue weighted by Crippen LogP contribution is -2.52. The van der Waals surface area contributed by atoms with Gasteiger partial charge in [-0.15, -0.1) is 0 Å². The van der Waals surface area contributed by atoms with Gasteiger partial charge in [-0.3, -0.25) is 14.7 Å². The van der Waals surface area contributed by atoms with Crippen LogP contribution in [0.25, 0.3) is 0 Å². The van der Waals surface area contributed by atoms with Gasteiger partial charge in [0.1, 0.15) is 11.5 Å². The van der Waals surface area contributed by atoms with Crippen LogP contribution in [0.15, 0.2) is 39.8 Å². The lowest BCUT2D eigenvalue weighted by Gasteiger charge is -2.36. The molecule has 1 fully saturated rings. The Bertz CT molecular complexity index is 841. The van der Waals surface area contributed by atoms with Gasteiger partial charge in [-0.2, -0.15) is 0 Å². The standard InChI is InChI=1S/C21H30N6O3/c1-3-22-21(24-9-8-23-20(29)17-4-6-19(28)7-5-17)27-12-10-26(11-13-27)15-18-14-16(2)30-25-18/h4-7,14,28H,3,8-13,15H2,1-2H3,(H,22,24)(H,23,29). The summed E-state index contributed by atoms with van der Waals surface area (Å²) in [6.45, 7) is 10.1. The third-order valence-corrected chi connectivity index (χ3v) is 4.86. The third kappa shape index (κ3) is 6.21. The maximum absolute atomic E-state index is 12.1. The number of carbonyl (C=O) groups excluding carboxylic acids is 1. The number of aliphatic imine (C=N–C) groups is 1. The van der Waals surface area contributed by atoms with E-state index in [0.717, 1.165) is 56.7 Å². The van der Waals surface area contributed by atoms with E-state index in [1.54, 1.807) is 12.1 Å². The van der Waals surface area contributed by atoms with Crippen molar-refractivity contribution in [2.24, 2.45) is 4.99 Å². The van der Waals surface area contributed by atoms with E-state index in [1.807, 2.05) is 19.9 Å². The molecule has 1 aliphatic rings. The Kier molecular flexibility index (Phi) is 7.67. The van der Waals surface area contributed by atoms with Crippen LogP contribution in [0, 0.1) is 6.92 Å².